The smallest absolute Gasteiger partial charge is 0.333 e. The Morgan fingerprint density at radius 2 is 1.76 bits per heavy atom. The van der Waals surface area contributed by atoms with Crippen LogP contribution in [-0.2, 0) is 14.4 Å². The quantitative estimate of drug-likeness (QED) is 0.200. The molecule has 5 nitrogen and oxygen atoms in total. The van der Waals surface area contributed by atoms with E-state index in [-0.39, 0.29) is 5.92 Å². The number of esters is 1. The van der Waals surface area contributed by atoms with Gasteiger partial charge >= 0.3 is 5.97 Å². The van der Waals surface area contributed by atoms with Crippen LogP contribution in [0.1, 0.15) is 84.0 Å². The van der Waals surface area contributed by atoms with E-state index >= 15 is 0 Å². The lowest BCUT2D eigenvalue weighted by Gasteiger charge is -2.18. The van der Waals surface area contributed by atoms with Gasteiger partial charge in [0, 0.05) is 17.9 Å². The fourth-order valence-electron chi connectivity index (χ4n) is 3.28. The minimum Gasteiger partial charge on any atom is -0.429 e. The molecule has 0 aromatic heterocycles. The molecular formula is C20H35NO4. The van der Waals surface area contributed by atoms with Crippen LogP contribution in [0.4, 0.5) is 0 Å². The van der Waals surface area contributed by atoms with E-state index in [0.29, 0.717) is 12.0 Å². The fraction of sp³-hybridized carbons (Fsp3) is 0.800. The molecule has 5 heteroatoms. The van der Waals surface area contributed by atoms with Crippen molar-refractivity contribution in [3.8, 4) is 0 Å². The van der Waals surface area contributed by atoms with Crippen molar-refractivity contribution in [2.24, 2.45) is 11.1 Å². The van der Waals surface area contributed by atoms with E-state index in [1.54, 1.807) is 6.21 Å². The van der Waals surface area contributed by atoms with Crippen LogP contribution in [0, 0.1) is 5.92 Å². The van der Waals surface area contributed by atoms with E-state index in [4.69, 9.17) is 9.57 Å². The molecule has 1 N–H and O–H groups in total. The second kappa shape index (κ2) is 13.9. The van der Waals surface area contributed by atoms with Gasteiger partial charge in [-0.05, 0) is 18.8 Å². The van der Waals surface area contributed by atoms with Crippen molar-refractivity contribution < 1.29 is 19.5 Å². The first-order valence-corrected chi connectivity index (χ1v) is 9.84. The Bertz CT molecular complexity index is 420. The van der Waals surface area contributed by atoms with Gasteiger partial charge in [-0.25, -0.2) is 4.79 Å². The number of hydrogen-bond acceptors (Lipinski definition) is 5. The molecule has 1 aliphatic heterocycles. The first-order chi connectivity index (χ1) is 12.2. The van der Waals surface area contributed by atoms with Gasteiger partial charge in [0.25, 0.3) is 0 Å². The number of oxime groups is 1. The Morgan fingerprint density at radius 1 is 1.16 bits per heavy atom. The van der Waals surface area contributed by atoms with Crippen molar-refractivity contribution in [3.63, 3.8) is 0 Å². The van der Waals surface area contributed by atoms with Crippen LogP contribution in [0.15, 0.2) is 16.8 Å². The van der Waals surface area contributed by atoms with Crippen LogP contribution < -0.4 is 0 Å². The number of hydrogen-bond donors (Lipinski definition) is 1. The van der Waals surface area contributed by atoms with Crippen molar-refractivity contribution >= 4 is 12.2 Å². The average molecular weight is 354 g/mol. The van der Waals surface area contributed by atoms with E-state index in [1.807, 2.05) is 0 Å². The first-order valence-electron chi connectivity index (χ1n) is 9.84. The standard InChI is InChI=1S/C20H35NO4/c1-3-4-5-6-7-8-9-10-11-12-13-17(14-15-21-24-2)18-16-19(22)25-20(18)23/h15-17,20,23H,3-14H2,1-2H3/b21-15+. The number of carbonyl (C=O) groups is 1. The summed E-state index contributed by atoms with van der Waals surface area (Å²) in [5.41, 5.74) is 0.670. The molecule has 1 rings (SSSR count). The molecule has 0 amide bonds. The Labute approximate surface area is 152 Å². The Morgan fingerprint density at radius 3 is 2.28 bits per heavy atom. The van der Waals surface area contributed by atoms with Gasteiger partial charge in [-0.2, -0.15) is 0 Å². The van der Waals surface area contributed by atoms with Crippen LogP contribution in [-0.4, -0.2) is 30.7 Å². The summed E-state index contributed by atoms with van der Waals surface area (Å²) in [5, 5.41) is 13.6. The molecule has 0 spiro atoms. The molecule has 0 aromatic rings. The Hall–Kier alpha value is -1.36. The maximum Gasteiger partial charge on any atom is 0.333 e. The molecule has 0 radical (unpaired) electrons. The Kier molecular flexibility index (Phi) is 12.0. The summed E-state index contributed by atoms with van der Waals surface area (Å²) in [6.45, 7) is 2.25. The van der Waals surface area contributed by atoms with Gasteiger partial charge < -0.3 is 14.7 Å². The largest absolute Gasteiger partial charge is 0.429 e. The predicted octanol–water partition coefficient (Wildman–Crippen LogP) is 4.74. The highest BCUT2D eigenvalue weighted by Gasteiger charge is 2.29. The van der Waals surface area contributed by atoms with Crippen molar-refractivity contribution in [3.05, 3.63) is 11.6 Å². The van der Waals surface area contributed by atoms with E-state index in [0.717, 1.165) is 12.8 Å². The maximum absolute atomic E-state index is 11.3. The molecular weight excluding hydrogens is 318 g/mol. The van der Waals surface area contributed by atoms with Crippen LogP contribution in [0.5, 0.6) is 0 Å². The van der Waals surface area contributed by atoms with Gasteiger partial charge in [0.2, 0.25) is 6.29 Å². The maximum atomic E-state index is 11.3. The minimum atomic E-state index is -1.10. The van der Waals surface area contributed by atoms with Crippen LogP contribution in [0.25, 0.3) is 0 Å². The zero-order valence-corrected chi connectivity index (χ0v) is 15.9. The molecule has 1 aliphatic rings. The number of aliphatic hydroxyl groups excluding tert-OH is 1. The van der Waals surface area contributed by atoms with E-state index in [2.05, 4.69) is 12.1 Å². The van der Waals surface area contributed by atoms with Crippen molar-refractivity contribution in [1.82, 2.24) is 0 Å². The second-order valence-electron chi connectivity index (χ2n) is 6.81. The third kappa shape index (κ3) is 9.63. The summed E-state index contributed by atoms with van der Waals surface area (Å²) < 4.78 is 4.81. The summed E-state index contributed by atoms with van der Waals surface area (Å²) in [6.07, 6.45) is 16.5. The summed E-state index contributed by atoms with van der Waals surface area (Å²) >= 11 is 0. The first kappa shape index (κ1) is 21.7. The molecule has 0 aromatic carbocycles. The van der Waals surface area contributed by atoms with Gasteiger partial charge in [-0.15, -0.1) is 0 Å². The highest BCUT2D eigenvalue weighted by molar-refractivity contribution is 5.85. The monoisotopic (exact) mass is 353 g/mol. The number of cyclic esters (lactones) is 1. The molecule has 0 aliphatic carbocycles. The van der Waals surface area contributed by atoms with Gasteiger partial charge in [0.05, 0.1) is 0 Å². The SMILES string of the molecule is CCCCCCCCCCCCC(C/C=N/OC)C1=CC(=O)OC1O. The second-order valence-corrected chi connectivity index (χ2v) is 6.81. The lowest BCUT2D eigenvalue weighted by molar-refractivity contribution is -0.151. The van der Waals surface area contributed by atoms with Crippen LogP contribution in [0.3, 0.4) is 0 Å². The van der Waals surface area contributed by atoms with Gasteiger partial charge in [0.1, 0.15) is 7.11 Å². The number of nitrogens with zero attached hydrogens (tertiary/aromatic N) is 1. The molecule has 1 heterocycles. The number of ether oxygens (including phenoxy) is 1. The van der Waals surface area contributed by atoms with E-state index < -0.39 is 12.3 Å². The average Bonchev–Trinajstić information content (AvgIpc) is 2.93. The highest BCUT2D eigenvalue weighted by atomic mass is 16.6. The predicted molar refractivity (Wildman–Crippen MR) is 100 cm³/mol. The third-order valence-corrected chi connectivity index (χ3v) is 4.74. The lowest BCUT2D eigenvalue weighted by Crippen LogP contribution is -2.17. The topological polar surface area (TPSA) is 68.1 Å². The Balaban J connectivity index is 2.21. The van der Waals surface area contributed by atoms with Gasteiger partial charge in [-0.3, -0.25) is 0 Å². The highest BCUT2D eigenvalue weighted by Crippen LogP contribution is 2.28. The molecule has 0 fully saturated rings. The molecule has 0 saturated carbocycles. The summed E-state index contributed by atoms with van der Waals surface area (Å²) in [5.74, 6) is -0.381. The van der Waals surface area contributed by atoms with Crippen molar-refractivity contribution in [1.29, 1.82) is 0 Å². The zero-order valence-electron chi connectivity index (χ0n) is 15.9. The van der Waals surface area contributed by atoms with E-state index in [1.165, 1.54) is 71.0 Å². The summed E-state index contributed by atoms with van der Waals surface area (Å²) in [7, 11) is 1.50. The summed E-state index contributed by atoms with van der Waals surface area (Å²) in [6, 6.07) is 0. The van der Waals surface area contributed by atoms with Crippen molar-refractivity contribution in [2.75, 3.05) is 7.11 Å². The number of unbranched alkanes of at least 4 members (excludes halogenated alkanes) is 9. The van der Waals surface area contributed by atoms with E-state index in [9.17, 15) is 9.90 Å². The number of rotatable bonds is 15. The zero-order chi connectivity index (χ0) is 18.3. The van der Waals surface area contributed by atoms with Gasteiger partial charge in [0.15, 0.2) is 0 Å². The van der Waals surface area contributed by atoms with Crippen molar-refractivity contribution in [2.45, 2.75) is 90.3 Å². The molecule has 2 unspecified atom stereocenters. The lowest BCUT2D eigenvalue weighted by atomic mass is 9.90. The molecule has 0 saturated heterocycles. The number of carbonyl (C=O) groups excluding carboxylic acids is 1. The molecule has 25 heavy (non-hydrogen) atoms. The molecule has 0 bridgehead atoms. The number of aliphatic hydroxyl groups is 1. The minimum absolute atomic E-state index is 0.0781. The van der Waals surface area contributed by atoms with Crippen LogP contribution in [0.2, 0.25) is 0 Å². The van der Waals surface area contributed by atoms with Gasteiger partial charge in [-0.1, -0.05) is 76.3 Å². The normalized spacial score (nSPS) is 18.4. The fourth-order valence-corrected chi connectivity index (χ4v) is 3.28. The molecule has 144 valence electrons. The molecule has 2 atom stereocenters. The third-order valence-electron chi connectivity index (χ3n) is 4.74. The summed E-state index contributed by atoms with van der Waals surface area (Å²) in [4.78, 5) is 16.0. The van der Waals surface area contributed by atoms with Crippen LogP contribution >= 0.6 is 0 Å².